The molecule has 1 aliphatic carbocycles. The second-order valence-corrected chi connectivity index (χ2v) is 6.67. The zero-order chi connectivity index (χ0) is 13.2. The molecule has 2 N–H and O–H groups in total. The molecular weight excluding hydrogens is 218 g/mol. The lowest BCUT2D eigenvalue weighted by atomic mass is 9.68. The molecule has 1 fully saturated rings. The van der Waals surface area contributed by atoms with Crippen molar-refractivity contribution >= 4 is 0 Å². The lowest BCUT2D eigenvalue weighted by molar-refractivity contribution is 0.198. The maximum absolute atomic E-state index is 6.36. The first-order valence-electron chi connectivity index (χ1n) is 7.36. The van der Waals surface area contributed by atoms with Gasteiger partial charge >= 0.3 is 0 Å². The van der Waals surface area contributed by atoms with E-state index >= 15 is 0 Å². The quantitative estimate of drug-likeness (QED) is 0.846. The fraction of sp³-hybridized carbons (Fsp3) is 0.647. The highest BCUT2D eigenvalue weighted by Crippen LogP contribution is 2.42. The van der Waals surface area contributed by atoms with Crippen LogP contribution in [0, 0.1) is 5.41 Å². The molecule has 2 rings (SSSR count). The van der Waals surface area contributed by atoms with Gasteiger partial charge in [0.25, 0.3) is 0 Å². The minimum absolute atomic E-state index is 0.343. The van der Waals surface area contributed by atoms with Crippen LogP contribution in [0.5, 0.6) is 0 Å². The molecule has 0 aromatic heterocycles. The van der Waals surface area contributed by atoms with E-state index in [9.17, 15) is 0 Å². The fourth-order valence-electron chi connectivity index (χ4n) is 3.24. The topological polar surface area (TPSA) is 26.0 Å². The SMILES string of the molecule is CCCc1cccc(C2CC(C)(C)CCC2N)c1. The Morgan fingerprint density at radius 2 is 2.11 bits per heavy atom. The van der Waals surface area contributed by atoms with Crippen LogP contribution < -0.4 is 5.73 Å². The van der Waals surface area contributed by atoms with Crippen LogP contribution in [0.1, 0.15) is 63.5 Å². The van der Waals surface area contributed by atoms with Gasteiger partial charge in [-0.1, -0.05) is 51.5 Å². The van der Waals surface area contributed by atoms with Crippen LogP contribution in [0.2, 0.25) is 0 Å². The van der Waals surface area contributed by atoms with Gasteiger partial charge in [-0.15, -0.1) is 0 Å². The van der Waals surface area contributed by atoms with E-state index in [1.165, 1.54) is 36.8 Å². The molecule has 1 aromatic rings. The number of rotatable bonds is 3. The zero-order valence-corrected chi connectivity index (χ0v) is 12.1. The van der Waals surface area contributed by atoms with E-state index < -0.39 is 0 Å². The summed E-state index contributed by atoms with van der Waals surface area (Å²) in [6.45, 7) is 6.99. The van der Waals surface area contributed by atoms with E-state index in [1.54, 1.807) is 0 Å². The minimum Gasteiger partial charge on any atom is -0.327 e. The summed E-state index contributed by atoms with van der Waals surface area (Å²) in [5, 5.41) is 0. The predicted molar refractivity (Wildman–Crippen MR) is 78.8 cm³/mol. The Labute approximate surface area is 112 Å². The maximum Gasteiger partial charge on any atom is 0.0108 e. The van der Waals surface area contributed by atoms with Crippen LogP contribution >= 0.6 is 0 Å². The first-order chi connectivity index (χ1) is 8.52. The Kier molecular flexibility index (Phi) is 4.11. The number of hydrogen-bond acceptors (Lipinski definition) is 1. The van der Waals surface area contributed by atoms with Gasteiger partial charge < -0.3 is 5.73 Å². The zero-order valence-electron chi connectivity index (χ0n) is 12.1. The molecule has 1 saturated carbocycles. The van der Waals surface area contributed by atoms with Gasteiger partial charge in [-0.05, 0) is 48.1 Å². The van der Waals surface area contributed by atoms with Gasteiger partial charge in [-0.25, -0.2) is 0 Å². The molecular formula is C17H27N. The number of nitrogens with two attached hydrogens (primary N) is 1. The number of hydrogen-bond donors (Lipinski definition) is 1. The highest BCUT2D eigenvalue weighted by molar-refractivity contribution is 5.28. The lowest BCUT2D eigenvalue weighted by Crippen LogP contribution is -2.37. The number of aryl methyl sites for hydroxylation is 1. The molecule has 0 saturated heterocycles. The summed E-state index contributed by atoms with van der Waals surface area (Å²) in [7, 11) is 0. The predicted octanol–water partition coefficient (Wildman–Crippen LogP) is 4.26. The standard InChI is InChI=1S/C17H27N/c1-4-6-13-7-5-8-14(11-13)15-12-17(2,3)10-9-16(15)18/h5,7-8,11,15-16H,4,6,9-10,12,18H2,1-3H3. The molecule has 0 spiro atoms. The van der Waals surface area contributed by atoms with Crippen molar-refractivity contribution in [2.24, 2.45) is 11.1 Å². The summed E-state index contributed by atoms with van der Waals surface area (Å²) in [5.41, 5.74) is 9.72. The Bertz CT molecular complexity index is 394. The van der Waals surface area contributed by atoms with Crippen LogP contribution in [0.3, 0.4) is 0 Å². The third-order valence-corrected chi connectivity index (χ3v) is 4.36. The first kappa shape index (κ1) is 13.6. The molecule has 1 aromatic carbocycles. The Balaban J connectivity index is 2.20. The van der Waals surface area contributed by atoms with E-state index in [4.69, 9.17) is 5.73 Å². The van der Waals surface area contributed by atoms with Crippen molar-refractivity contribution in [2.45, 2.75) is 64.8 Å². The fourth-order valence-corrected chi connectivity index (χ4v) is 3.24. The van der Waals surface area contributed by atoms with Crippen LogP contribution in [0.4, 0.5) is 0 Å². The van der Waals surface area contributed by atoms with Gasteiger partial charge in [-0.2, -0.15) is 0 Å². The van der Waals surface area contributed by atoms with Crippen molar-refractivity contribution in [1.29, 1.82) is 0 Å². The van der Waals surface area contributed by atoms with E-state index in [-0.39, 0.29) is 0 Å². The summed E-state index contributed by atoms with van der Waals surface area (Å²) in [4.78, 5) is 0. The first-order valence-corrected chi connectivity index (χ1v) is 7.36. The largest absolute Gasteiger partial charge is 0.327 e. The van der Waals surface area contributed by atoms with Gasteiger partial charge in [0.15, 0.2) is 0 Å². The molecule has 18 heavy (non-hydrogen) atoms. The summed E-state index contributed by atoms with van der Waals surface area (Å²) in [5.74, 6) is 0.547. The maximum atomic E-state index is 6.36. The molecule has 0 bridgehead atoms. The molecule has 0 amide bonds. The highest BCUT2D eigenvalue weighted by Gasteiger charge is 2.33. The Morgan fingerprint density at radius 3 is 2.83 bits per heavy atom. The molecule has 100 valence electrons. The molecule has 1 heteroatoms. The summed E-state index contributed by atoms with van der Waals surface area (Å²) >= 11 is 0. The van der Waals surface area contributed by atoms with E-state index in [2.05, 4.69) is 45.0 Å². The third kappa shape index (κ3) is 3.14. The van der Waals surface area contributed by atoms with Crippen molar-refractivity contribution in [3.05, 3.63) is 35.4 Å². The van der Waals surface area contributed by atoms with Crippen molar-refractivity contribution in [2.75, 3.05) is 0 Å². The molecule has 0 heterocycles. The highest BCUT2D eigenvalue weighted by atomic mass is 14.7. The Morgan fingerprint density at radius 1 is 1.33 bits per heavy atom. The van der Waals surface area contributed by atoms with E-state index in [1.807, 2.05) is 0 Å². The van der Waals surface area contributed by atoms with Crippen molar-refractivity contribution in [3.63, 3.8) is 0 Å². The second kappa shape index (κ2) is 5.44. The van der Waals surface area contributed by atoms with Gasteiger partial charge in [0.2, 0.25) is 0 Å². The number of benzene rings is 1. The second-order valence-electron chi connectivity index (χ2n) is 6.67. The Hall–Kier alpha value is -0.820. The average Bonchev–Trinajstić information content (AvgIpc) is 2.33. The minimum atomic E-state index is 0.343. The smallest absolute Gasteiger partial charge is 0.0108 e. The van der Waals surface area contributed by atoms with Crippen molar-refractivity contribution in [1.82, 2.24) is 0 Å². The van der Waals surface area contributed by atoms with E-state index in [0.717, 1.165) is 6.42 Å². The van der Waals surface area contributed by atoms with Crippen LogP contribution in [-0.4, -0.2) is 6.04 Å². The summed E-state index contributed by atoms with van der Waals surface area (Å²) in [6.07, 6.45) is 6.05. The monoisotopic (exact) mass is 245 g/mol. The molecule has 0 radical (unpaired) electrons. The lowest BCUT2D eigenvalue weighted by Gasteiger charge is -2.39. The molecule has 2 atom stereocenters. The molecule has 1 nitrogen and oxygen atoms in total. The molecule has 0 aliphatic heterocycles. The normalized spacial score (nSPS) is 27.1. The average molecular weight is 245 g/mol. The van der Waals surface area contributed by atoms with Crippen LogP contribution in [-0.2, 0) is 6.42 Å². The van der Waals surface area contributed by atoms with Crippen LogP contribution in [0.25, 0.3) is 0 Å². The van der Waals surface area contributed by atoms with Crippen molar-refractivity contribution in [3.8, 4) is 0 Å². The summed E-state index contributed by atoms with van der Waals surface area (Å²) < 4.78 is 0. The molecule has 1 aliphatic rings. The third-order valence-electron chi connectivity index (χ3n) is 4.36. The van der Waals surface area contributed by atoms with Crippen LogP contribution in [0.15, 0.2) is 24.3 Å². The van der Waals surface area contributed by atoms with E-state index in [0.29, 0.717) is 17.4 Å². The van der Waals surface area contributed by atoms with Crippen molar-refractivity contribution < 1.29 is 0 Å². The van der Waals surface area contributed by atoms with Gasteiger partial charge in [0.1, 0.15) is 0 Å². The van der Waals surface area contributed by atoms with Gasteiger partial charge in [0.05, 0.1) is 0 Å². The van der Waals surface area contributed by atoms with Gasteiger partial charge in [-0.3, -0.25) is 0 Å². The summed E-state index contributed by atoms with van der Waals surface area (Å²) in [6, 6.07) is 9.44. The molecule has 2 unspecified atom stereocenters. The van der Waals surface area contributed by atoms with Gasteiger partial charge in [0, 0.05) is 6.04 Å².